The predicted molar refractivity (Wildman–Crippen MR) is 86.5 cm³/mol. The van der Waals surface area contributed by atoms with Crippen LogP contribution in [0.5, 0.6) is 17.2 Å². The molecule has 0 fully saturated rings. The average Bonchev–Trinajstić information content (AvgIpc) is 2.53. The monoisotopic (exact) mass is 346 g/mol. The van der Waals surface area contributed by atoms with Gasteiger partial charge in [-0.3, -0.25) is 0 Å². The number of para-hydroxylation sites is 3. The predicted octanol–water partition coefficient (Wildman–Crippen LogP) is 0.903. The van der Waals surface area contributed by atoms with Gasteiger partial charge in [0.05, 0.1) is 0 Å². The molecule has 0 saturated heterocycles. The Hall–Kier alpha value is -2.30. The Labute approximate surface area is 143 Å². The fourth-order valence-electron chi connectivity index (χ4n) is 2.24. The van der Waals surface area contributed by atoms with Gasteiger partial charge >= 0.3 is 0 Å². The lowest BCUT2D eigenvalue weighted by atomic mass is 10.3. The molecule has 0 aliphatic carbocycles. The van der Waals surface area contributed by atoms with Crippen molar-refractivity contribution in [1.29, 1.82) is 0 Å². The summed E-state index contributed by atoms with van der Waals surface area (Å²) in [6.07, 6.45) is 0. The van der Waals surface area contributed by atoms with Gasteiger partial charge in [0.1, 0.15) is 10.9 Å². The Balaban J connectivity index is 0.00000192. The fourth-order valence-corrected chi connectivity index (χ4v) is 4.43. The van der Waals surface area contributed by atoms with E-state index in [2.05, 4.69) is 0 Å². The third kappa shape index (κ3) is 3.38. The number of phenols is 3. The van der Waals surface area contributed by atoms with Crippen LogP contribution in [0.15, 0.2) is 87.5 Å². The van der Waals surface area contributed by atoms with E-state index >= 15 is 0 Å². The molecule has 0 aliphatic rings. The van der Waals surface area contributed by atoms with E-state index in [4.69, 9.17) is 0 Å². The molecule has 0 aliphatic heterocycles. The molecule has 5 heteroatoms. The van der Waals surface area contributed by atoms with E-state index in [1.807, 2.05) is 18.2 Å². The molecule has 0 aromatic heterocycles. The van der Waals surface area contributed by atoms with Crippen molar-refractivity contribution in [1.82, 2.24) is 0 Å². The van der Waals surface area contributed by atoms with Crippen LogP contribution in [0.2, 0.25) is 0 Å². The number of benzene rings is 3. The van der Waals surface area contributed by atoms with Crippen LogP contribution in [0.25, 0.3) is 0 Å². The Kier molecular flexibility index (Phi) is 5.42. The third-order valence-corrected chi connectivity index (χ3v) is 5.61. The van der Waals surface area contributed by atoms with E-state index in [1.165, 1.54) is 0 Å². The lowest BCUT2D eigenvalue weighted by Gasteiger charge is -2.11. The molecule has 0 heterocycles. The Morgan fingerprint density at radius 2 is 0.739 bits per heavy atom. The topological polar surface area (TPSA) is 60.7 Å². The third-order valence-electron chi connectivity index (χ3n) is 3.26. The van der Waals surface area contributed by atoms with E-state index in [9.17, 15) is 15.3 Å². The first-order chi connectivity index (χ1) is 10.7. The minimum absolute atomic E-state index is 0. The molecule has 0 spiro atoms. The van der Waals surface area contributed by atoms with E-state index < -0.39 is 10.9 Å². The number of hydrogen-bond donors (Lipinski definition) is 3. The van der Waals surface area contributed by atoms with Crippen LogP contribution >= 0.6 is 0 Å². The Bertz CT molecular complexity index is 699. The van der Waals surface area contributed by atoms with Crippen LogP contribution < -0.4 is 12.4 Å². The van der Waals surface area contributed by atoms with Gasteiger partial charge < -0.3 is 27.7 Å². The summed E-state index contributed by atoms with van der Waals surface area (Å²) in [5.74, 6) is 0.409. The molecule has 0 bridgehead atoms. The van der Waals surface area contributed by atoms with Gasteiger partial charge in [-0.1, -0.05) is 36.4 Å². The summed E-state index contributed by atoms with van der Waals surface area (Å²) in [5.41, 5.74) is 0. The highest BCUT2D eigenvalue weighted by Gasteiger charge is 2.36. The summed E-state index contributed by atoms with van der Waals surface area (Å²) in [7, 11) is -0.799. The summed E-state index contributed by atoms with van der Waals surface area (Å²) in [6.45, 7) is 0. The van der Waals surface area contributed by atoms with Crippen molar-refractivity contribution in [3.63, 3.8) is 0 Å². The molecule has 0 amide bonds. The highest BCUT2D eigenvalue weighted by molar-refractivity contribution is 7.97. The molecule has 0 unspecified atom stereocenters. The van der Waals surface area contributed by atoms with Crippen LogP contribution in [0.3, 0.4) is 0 Å². The zero-order valence-corrected chi connectivity index (χ0v) is 13.6. The van der Waals surface area contributed by atoms with Gasteiger partial charge in [0, 0.05) is 0 Å². The molecule has 118 valence electrons. The first-order valence-corrected chi connectivity index (χ1v) is 7.99. The number of aromatic hydroxyl groups is 3. The maximum absolute atomic E-state index is 10.2. The summed E-state index contributed by atoms with van der Waals surface area (Å²) in [4.78, 5) is 1.97. The number of hydrogen-bond acceptors (Lipinski definition) is 3. The Morgan fingerprint density at radius 3 is 1.00 bits per heavy atom. The van der Waals surface area contributed by atoms with Gasteiger partial charge in [0.25, 0.3) is 0 Å². The SMILES string of the molecule is Oc1ccccc1[S+](c1ccccc1O)c1ccccc1O.[Cl-]. The average molecular weight is 347 g/mol. The molecule has 3 N–H and O–H groups in total. The minimum Gasteiger partial charge on any atom is -1.00 e. The maximum atomic E-state index is 10.2. The molecule has 0 radical (unpaired) electrons. The lowest BCUT2D eigenvalue weighted by molar-refractivity contribution is -0.00000768. The molecule has 23 heavy (non-hydrogen) atoms. The summed E-state index contributed by atoms with van der Waals surface area (Å²) >= 11 is 0. The van der Waals surface area contributed by atoms with Crippen LogP contribution in [-0.2, 0) is 10.9 Å². The normalized spacial score (nSPS) is 10.3. The fraction of sp³-hybridized carbons (Fsp3) is 0. The Morgan fingerprint density at radius 1 is 0.478 bits per heavy atom. The van der Waals surface area contributed by atoms with Gasteiger partial charge in [-0.15, -0.1) is 0 Å². The van der Waals surface area contributed by atoms with E-state index in [-0.39, 0.29) is 29.7 Å². The zero-order valence-electron chi connectivity index (χ0n) is 12.1. The van der Waals surface area contributed by atoms with Crippen LogP contribution in [0.1, 0.15) is 0 Å². The molecular formula is C18H15ClO3S. The minimum atomic E-state index is -0.799. The van der Waals surface area contributed by atoms with E-state index in [1.54, 1.807) is 54.6 Å². The van der Waals surface area contributed by atoms with Gasteiger partial charge in [-0.25, -0.2) is 0 Å². The van der Waals surface area contributed by atoms with Crippen molar-refractivity contribution in [3.8, 4) is 17.2 Å². The van der Waals surface area contributed by atoms with Crippen molar-refractivity contribution in [2.45, 2.75) is 14.7 Å². The van der Waals surface area contributed by atoms with E-state index in [0.29, 0.717) is 14.7 Å². The number of rotatable bonds is 3. The second-order valence-electron chi connectivity index (χ2n) is 4.71. The smallest absolute Gasteiger partial charge is 0.208 e. The summed E-state index contributed by atoms with van der Waals surface area (Å²) in [5, 5.41) is 30.7. The first-order valence-electron chi connectivity index (χ1n) is 6.77. The van der Waals surface area contributed by atoms with Crippen LogP contribution in [-0.4, -0.2) is 15.3 Å². The highest BCUT2D eigenvalue weighted by Crippen LogP contribution is 2.42. The van der Waals surface area contributed by atoms with E-state index in [0.717, 1.165) is 0 Å². The van der Waals surface area contributed by atoms with Crippen molar-refractivity contribution in [2.75, 3.05) is 0 Å². The highest BCUT2D eigenvalue weighted by atomic mass is 35.5. The van der Waals surface area contributed by atoms with Crippen molar-refractivity contribution in [2.24, 2.45) is 0 Å². The van der Waals surface area contributed by atoms with Crippen LogP contribution in [0, 0.1) is 0 Å². The standard InChI is InChI=1S/C18H14O3S.ClH/c19-13-7-1-4-10-16(13)22(17-11-5-2-8-14(17)20)18-12-6-3-9-15(18)21;/h1-12H,(H2-,19,20,21);1H. The largest absolute Gasteiger partial charge is 1.00 e. The molecule has 3 nitrogen and oxygen atoms in total. The van der Waals surface area contributed by atoms with Gasteiger partial charge in [0.15, 0.2) is 17.2 Å². The molecule has 3 aromatic carbocycles. The molecular weight excluding hydrogens is 332 g/mol. The first kappa shape index (κ1) is 17.1. The number of halogens is 1. The quantitative estimate of drug-likeness (QED) is 0.618. The molecule has 3 rings (SSSR count). The summed E-state index contributed by atoms with van der Waals surface area (Å²) in [6, 6.07) is 21.0. The van der Waals surface area contributed by atoms with Crippen molar-refractivity contribution in [3.05, 3.63) is 72.8 Å². The molecule has 0 atom stereocenters. The second kappa shape index (κ2) is 7.31. The second-order valence-corrected chi connectivity index (χ2v) is 6.64. The zero-order chi connectivity index (χ0) is 15.5. The molecule has 3 aromatic rings. The van der Waals surface area contributed by atoms with Gasteiger partial charge in [-0.2, -0.15) is 0 Å². The van der Waals surface area contributed by atoms with Gasteiger partial charge in [0.2, 0.25) is 14.7 Å². The summed E-state index contributed by atoms with van der Waals surface area (Å²) < 4.78 is 0. The van der Waals surface area contributed by atoms with Crippen molar-refractivity contribution < 1.29 is 27.7 Å². The maximum Gasteiger partial charge on any atom is 0.208 e. The van der Waals surface area contributed by atoms with Crippen molar-refractivity contribution >= 4 is 10.9 Å². The lowest BCUT2D eigenvalue weighted by Crippen LogP contribution is -3.00. The van der Waals surface area contributed by atoms with Crippen LogP contribution in [0.4, 0.5) is 0 Å². The van der Waals surface area contributed by atoms with Gasteiger partial charge in [-0.05, 0) is 36.4 Å². The number of phenolic OH excluding ortho intramolecular Hbond substituents is 3. The molecule has 0 saturated carbocycles.